The highest BCUT2D eigenvalue weighted by atomic mass is 14.7. The maximum atomic E-state index is 6.30. The van der Waals surface area contributed by atoms with Gasteiger partial charge in [-0.15, -0.1) is 0 Å². The molecular formula is C14H27N. The fourth-order valence-electron chi connectivity index (χ4n) is 4.06. The molecule has 0 spiro atoms. The van der Waals surface area contributed by atoms with Crippen molar-refractivity contribution in [3.63, 3.8) is 0 Å². The Kier molecular flexibility index (Phi) is 2.46. The number of hydrogen-bond donors (Lipinski definition) is 1. The summed E-state index contributed by atoms with van der Waals surface area (Å²) in [6, 6.07) is 0.470. The van der Waals surface area contributed by atoms with E-state index in [9.17, 15) is 0 Å². The predicted molar refractivity (Wildman–Crippen MR) is 65.5 cm³/mol. The maximum absolute atomic E-state index is 6.30. The first-order valence-corrected chi connectivity index (χ1v) is 6.47. The van der Waals surface area contributed by atoms with E-state index in [1.165, 1.54) is 19.3 Å². The van der Waals surface area contributed by atoms with Gasteiger partial charge in [0, 0.05) is 6.04 Å². The molecular weight excluding hydrogens is 182 g/mol. The summed E-state index contributed by atoms with van der Waals surface area (Å²) in [5, 5.41) is 0. The monoisotopic (exact) mass is 209 g/mol. The minimum Gasteiger partial charge on any atom is -0.327 e. The number of rotatable bonds is 0. The Balaban J connectivity index is 2.15. The van der Waals surface area contributed by atoms with E-state index in [1.54, 1.807) is 0 Å². The van der Waals surface area contributed by atoms with Gasteiger partial charge < -0.3 is 5.73 Å². The van der Waals surface area contributed by atoms with Crippen LogP contribution in [0.4, 0.5) is 0 Å². The summed E-state index contributed by atoms with van der Waals surface area (Å²) in [6.07, 6.45) is 4.02. The van der Waals surface area contributed by atoms with Crippen LogP contribution in [0.5, 0.6) is 0 Å². The number of hydrogen-bond acceptors (Lipinski definition) is 1. The summed E-state index contributed by atoms with van der Waals surface area (Å²) in [4.78, 5) is 0. The molecule has 0 heterocycles. The third-order valence-corrected chi connectivity index (χ3v) is 5.15. The summed E-state index contributed by atoms with van der Waals surface area (Å²) in [5.74, 6) is 2.58. The molecule has 2 rings (SSSR count). The number of fused-ring (bicyclic) bond motifs is 1. The minimum atomic E-state index is 0.470. The lowest BCUT2D eigenvalue weighted by molar-refractivity contribution is 0.192. The van der Waals surface area contributed by atoms with Crippen molar-refractivity contribution < 1.29 is 0 Å². The van der Waals surface area contributed by atoms with Crippen molar-refractivity contribution in [2.45, 2.75) is 59.9 Å². The largest absolute Gasteiger partial charge is 0.327 e. The number of nitrogens with two attached hydrogens (primary N) is 1. The molecule has 0 amide bonds. The Morgan fingerprint density at radius 1 is 1.13 bits per heavy atom. The van der Waals surface area contributed by atoms with Crippen LogP contribution >= 0.6 is 0 Å². The smallest absolute Gasteiger partial charge is 0.00753 e. The van der Waals surface area contributed by atoms with E-state index in [0.717, 1.165) is 17.8 Å². The summed E-state index contributed by atoms with van der Waals surface area (Å²) in [7, 11) is 0. The second kappa shape index (κ2) is 3.23. The Morgan fingerprint density at radius 2 is 1.73 bits per heavy atom. The highest BCUT2D eigenvalue weighted by Gasteiger charge is 2.53. The lowest BCUT2D eigenvalue weighted by atomic mass is 9.75. The van der Waals surface area contributed by atoms with E-state index in [-0.39, 0.29) is 0 Å². The first-order chi connectivity index (χ1) is 6.72. The standard InChI is InChI=1S/C14H27N/c1-13(2,3)9-6-10-11(7-9)14(4,5)8-12(10)15/h9-12H,6-8,15H2,1-5H3/t9?,10-,11+,12?/m0/s1. The second-order valence-electron chi connectivity index (χ2n) is 7.66. The van der Waals surface area contributed by atoms with Crippen molar-refractivity contribution in [1.82, 2.24) is 0 Å². The highest BCUT2D eigenvalue weighted by molar-refractivity contribution is 5.04. The topological polar surface area (TPSA) is 26.0 Å². The van der Waals surface area contributed by atoms with E-state index < -0.39 is 0 Å². The summed E-state index contributed by atoms with van der Waals surface area (Å²) < 4.78 is 0. The van der Waals surface area contributed by atoms with Gasteiger partial charge in [0.25, 0.3) is 0 Å². The zero-order chi connectivity index (χ0) is 11.4. The van der Waals surface area contributed by atoms with Crippen molar-refractivity contribution in [3.05, 3.63) is 0 Å². The summed E-state index contributed by atoms with van der Waals surface area (Å²) in [5.41, 5.74) is 7.26. The van der Waals surface area contributed by atoms with Crippen molar-refractivity contribution in [2.75, 3.05) is 0 Å². The average molecular weight is 209 g/mol. The molecule has 88 valence electrons. The normalized spacial score (nSPS) is 44.4. The van der Waals surface area contributed by atoms with Gasteiger partial charge in [-0.25, -0.2) is 0 Å². The third kappa shape index (κ3) is 1.84. The molecule has 1 heteroatoms. The van der Waals surface area contributed by atoms with E-state index in [1.807, 2.05) is 0 Å². The van der Waals surface area contributed by atoms with E-state index in [4.69, 9.17) is 5.73 Å². The molecule has 1 nitrogen and oxygen atoms in total. The van der Waals surface area contributed by atoms with Gasteiger partial charge in [-0.2, -0.15) is 0 Å². The van der Waals surface area contributed by atoms with Gasteiger partial charge in [0.1, 0.15) is 0 Å². The Hall–Kier alpha value is -0.0400. The molecule has 0 aromatic heterocycles. The van der Waals surface area contributed by atoms with Gasteiger partial charge in [0.2, 0.25) is 0 Å². The Bertz CT molecular complexity index is 249. The van der Waals surface area contributed by atoms with Crippen LogP contribution in [0.3, 0.4) is 0 Å². The molecule has 2 aliphatic carbocycles. The molecule has 0 radical (unpaired) electrons. The van der Waals surface area contributed by atoms with Crippen LogP contribution in [0.25, 0.3) is 0 Å². The molecule has 15 heavy (non-hydrogen) atoms. The predicted octanol–water partition coefficient (Wildman–Crippen LogP) is 3.43. The first kappa shape index (κ1) is 11.4. The van der Waals surface area contributed by atoms with Crippen molar-refractivity contribution >= 4 is 0 Å². The molecule has 0 bridgehead atoms. The SMILES string of the molecule is CC(C)(C)C1C[C@@H]2C(N)CC(C)(C)[C@@H]2C1. The van der Waals surface area contributed by atoms with Gasteiger partial charge in [0.15, 0.2) is 0 Å². The van der Waals surface area contributed by atoms with E-state index in [0.29, 0.717) is 16.9 Å². The van der Waals surface area contributed by atoms with Crippen LogP contribution in [-0.4, -0.2) is 6.04 Å². The summed E-state index contributed by atoms with van der Waals surface area (Å²) >= 11 is 0. The van der Waals surface area contributed by atoms with Crippen LogP contribution < -0.4 is 5.73 Å². The van der Waals surface area contributed by atoms with Crippen LogP contribution in [0.2, 0.25) is 0 Å². The molecule has 2 unspecified atom stereocenters. The minimum absolute atomic E-state index is 0.470. The molecule has 0 aliphatic heterocycles. The van der Waals surface area contributed by atoms with Gasteiger partial charge in [-0.1, -0.05) is 34.6 Å². The first-order valence-electron chi connectivity index (χ1n) is 6.47. The Morgan fingerprint density at radius 3 is 2.20 bits per heavy atom. The van der Waals surface area contributed by atoms with E-state index >= 15 is 0 Å². The third-order valence-electron chi connectivity index (χ3n) is 5.15. The molecule has 0 saturated heterocycles. The van der Waals surface area contributed by atoms with Crippen LogP contribution in [-0.2, 0) is 0 Å². The average Bonchev–Trinajstić information content (AvgIpc) is 2.51. The summed E-state index contributed by atoms with van der Waals surface area (Å²) in [6.45, 7) is 12.0. The van der Waals surface area contributed by atoms with Gasteiger partial charge in [-0.3, -0.25) is 0 Å². The lowest BCUT2D eigenvalue weighted by Crippen LogP contribution is -2.27. The quantitative estimate of drug-likeness (QED) is 0.650. The van der Waals surface area contributed by atoms with Crippen molar-refractivity contribution in [1.29, 1.82) is 0 Å². The van der Waals surface area contributed by atoms with Gasteiger partial charge in [-0.05, 0) is 47.8 Å². The van der Waals surface area contributed by atoms with Crippen molar-refractivity contribution in [3.8, 4) is 0 Å². The maximum Gasteiger partial charge on any atom is 0.00753 e. The second-order valence-corrected chi connectivity index (χ2v) is 7.66. The van der Waals surface area contributed by atoms with Crippen LogP contribution in [0, 0.1) is 28.6 Å². The highest BCUT2D eigenvalue weighted by Crippen LogP contribution is 2.58. The van der Waals surface area contributed by atoms with Crippen LogP contribution in [0.15, 0.2) is 0 Å². The van der Waals surface area contributed by atoms with Gasteiger partial charge >= 0.3 is 0 Å². The van der Waals surface area contributed by atoms with Gasteiger partial charge in [0.05, 0.1) is 0 Å². The zero-order valence-corrected chi connectivity index (χ0v) is 11.0. The molecule has 2 N–H and O–H groups in total. The molecule has 0 aromatic carbocycles. The Labute approximate surface area is 94.8 Å². The molecule has 2 aliphatic rings. The molecule has 4 atom stereocenters. The molecule has 0 aromatic rings. The zero-order valence-electron chi connectivity index (χ0n) is 11.0. The van der Waals surface area contributed by atoms with Crippen LogP contribution in [0.1, 0.15) is 53.9 Å². The fraction of sp³-hybridized carbons (Fsp3) is 1.00. The van der Waals surface area contributed by atoms with Crippen molar-refractivity contribution in [2.24, 2.45) is 34.3 Å². The molecule has 2 fully saturated rings. The van der Waals surface area contributed by atoms with E-state index in [2.05, 4.69) is 34.6 Å². The lowest BCUT2D eigenvalue weighted by Gasteiger charge is -2.31. The fourth-order valence-corrected chi connectivity index (χ4v) is 4.06. The molecule has 2 saturated carbocycles.